The van der Waals surface area contributed by atoms with Crippen LogP contribution >= 0.6 is 0 Å². The first-order valence-corrected chi connectivity index (χ1v) is 9.40. The molecule has 118 valence electrons. The van der Waals surface area contributed by atoms with Gasteiger partial charge >= 0.3 is 0 Å². The van der Waals surface area contributed by atoms with E-state index in [0.717, 1.165) is 25.7 Å². The molecule has 0 amide bonds. The summed E-state index contributed by atoms with van der Waals surface area (Å²) in [4.78, 5) is 0. The van der Waals surface area contributed by atoms with Crippen LogP contribution < -0.4 is 5.32 Å². The first-order chi connectivity index (χ1) is 9.09. The summed E-state index contributed by atoms with van der Waals surface area (Å²) in [5.74, 6) is 0.563. The first kappa shape index (κ1) is 16.2. The molecule has 0 aromatic rings. The smallest absolute Gasteiger partial charge is 0.154 e. The molecule has 0 spiro atoms. The van der Waals surface area contributed by atoms with Crippen molar-refractivity contribution in [1.29, 1.82) is 0 Å². The quantitative estimate of drug-likeness (QED) is 0.868. The maximum Gasteiger partial charge on any atom is 0.154 e. The molecule has 2 aliphatic heterocycles. The minimum atomic E-state index is -2.98. The van der Waals surface area contributed by atoms with Crippen LogP contribution in [0.1, 0.15) is 53.4 Å². The fourth-order valence-electron chi connectivity index (χ4n) is 4.19. The van der Waals surface area contributed by atoms with Gasteiger partial charge in [0.15, 0.2) is 9.84 Å². The van der Waals surface area contributed by atoms with Crippen molar-refractivity contribution in [2.24, 2.45) is 5.92 Å². The lowest BCUT2D eigenvalue weighted by atomic mass is 9.79. The Labute approximate surface area is 123 Å². The number of rotatable bonds is 3. The summed E-state index contributed by atoms with van der Waals surface area (Å²) in [6.45, 7) is 8.37. The summed E-state index contributed by atoms with van der Waals surface area (Å²) in [6.07, 6.45) is 3.50. The molecule has 0 aromatic carbocycles. The van der Waals surface area contributed by atoms with Gasteiger partial charge in [0.05, 0.1) is 22.2 Å². The van der Waals surface area contributed by atoms with Crippen LogP contribution in [-0.2, 0) is 14.6 Å². The second kappa shape index (κ2) is 5.25. The molecule has 2 heterocycles. The molecule has 20 heavy (non-hydrogen) atoms. The lowest BCUT2D eigenvalue weighted by Gasteiger charge is -2.38. The van der Waals surface area contributed by atoms with Crippen molar-refractivity contribution in [3.8, 4) is 0 Å². The number of sulfone groups is 1. The zero-order valence-electron chi connectivity index (χ0n) is 13.4. The molecule has 3 unspecified atom stereocenters. The predicted molar refractivity (Wildman–Crippen MR) is 81.6 cm³/mol. The number of hydrogen-bond donors (Lipinski definition) is 1. The Balaban J connectivity index is 2.28. The number of nitrogens with one attached hydrogen (secondary N) is 1. The van der Waals surface area contributed by atoms with Gasteiger partial charge in [-0.25, -0.2) is 8.42 Å². The molecule has 0 saturated carbocycles. The van der Waals surface area contributed by atoms with Crippen LogP contribution in [0.25, 0.3) is 0 Å². The van der Waals surface area contributed by atoms with Gasteiger partial charge < -0.3 is 10.1 Å². The molecule has 0 aliphatic carbocycles. The molecule has 2 fully saturated rings. The first-order valence-electron chi connectivity index (χ1n) is 7.68. The molecule has 5 heteroatoms. The molecule has 2 aliphatic rings. The Morgan fingerprint density at radius 1 is 1.20 bits per heavy atom. The van der Waals surface area contributed by atoms with Gasteiger partial charge in [-0.15, -0.1) is 0 Å². The number of hydrogen-bond acceptors (Lipinski definition) is 4. The van der Waals surface area contributed by atoms with Gasteiger partial charge in [-0.1, -0.05) is 6.42 Å². The van der Waals surface area contributed by atoms with E-state index in [-0.39, 0.29) is 28.4 Å². The third-order valence-electron chi connectivity index (χ3n) is 4.94. The summed E-state index contributed by atoms with van der Waals surface area (Å²) < 4.78 is 31.0. The van der Waals surface area contributed by atoms with Crippen molar-refractivity contribution in [3.63, 3.8) is 0 Å². The van der Waals surface area contributed by atoms with Crippen molar-refractivity contribution in [2.45, 2.75) is 75.9 Å². The Morgan fingerprint density at radius 2 is 1.85 bits per heavy atom. The summed E-state index contributed by atoms with van der Waals surface area (Å²) in [5, 5.41) is 3.04. The van der Waals surface area contributed by atoms with E-state index in [9.17, 15) is 8.42 Å². The highest BCUT2D eigenvalue weighted by Gasteiger charge is 2.52. The summed E-state index contributed by atoms with van der Waals surface area (Å²) >= 11 is 0. The van der Waals surface area contributed by atoms with Gasteiger partial charge in [-0.2, -0.15) is 0 Å². The van der Waals surface area contributed by atoms with Gasteiger partial charge in [0.2, 0.25) is 0 Å². The maximum absolute atomic E-state index is 12.4. The fourth-order valence-corrected chi connectivity index (χ4v) is 6.40. The van der Waals surface area contributed by atoms with Crippen LogP contribution in [0, 0.1) is 5.92 Å². The molecule has 0 radical (unpaired) electrons. The highest BCUT2D eigenvalue weighted by Crippen LogP contribution is 2.45. The Hall–Kier alpha value is -0.130. The van der Waals surface area contributed by atoms with E-state index in [1.165, 1.54) is 0 Å². The van der Waals surface area contributed by atoms with E-state index >= 15 is 0 Å². The average Bonchev–Trinajstić information content (AvgIpc) is 2.50. The molecule has 2 rings (SSSR count). The summed E-state index contributed by atoms with van der Waals surface area (Å²) in [7, 11) is -1.09. The molecular weight excluding hydrogens is 274 g/mol. The highest BCUT2D eigenvalue weighted by molar-refractivity contribution is 7.92. The Morgan fingerprint density at radius 3 is 2.30 bits per heavy atom. The molecule has 0 aromatic heterocycles. The molecule has 0 bridgehead atoms. The van der Waals surface area contributed by atoms with Gasteiger partial charge in [0, 0.05) is 12.0 Å². The normalized spacial score (nSPS) is 36.6. The van der Waals surface area contributed by atoms with Crippen LogP contribution in [0.2, 0.25) is 0 Å². The zero-order chi connectivity index (χ0) is 15.2. The maximum atomic E-state index is 12.4. The number of ether oxygens (including phenoxy) is 1. The van der Waals surface area contributed by atoms with Crippen LogP contribution in [0.4, 0.5) is 0 Å². The van der Waals surface area contributed by atoms with Gasteiger partial charge in [0.1, 0.15) is 0 Å². The SMILES string of the molecule is CNC(C1CC(C)(C)OC1(C)C)C1CCCCS1(=O)=O. The Bertz CT molecular complexity index is 456. The average molecular weight is 303 g/mol. The van der Waals surface area contributed by atoms with Gasteiger partial charge in [-0.3, -0.25) is 0 Å². The van der Waals surface area contributed by atoms with Crippen molar-refractivity contribution in [3.05, 3.63) is 0 Å². The van der Waals surface area contributed by atoms with Crippen molar-refractivity contribution < 1.29 is 13.2 Å². The van der Waals surface area contributed by atoms with Crippen molar-refractivity contribution in [2.75, 3.05) is 12.8 Å². The van der Waals surface area contributed by atoms with Crippen LogP contribution in [-0.4, -0.2) is 43.7 Å². The molecular formula is C15H29NO3S. The standard InChI is InChI=1S/C15H29NO3S/c1-14(2)10-11(15(3,4)19-14)13(16-5)12-8-6-7-9-20(12,17)18/h11-13,16H,6-10H2,1-5H3. The molecule has 4 nitrogen and oxygen atoms in total. The van der Waals surface area contributed by atoms with E-state index in [1.807, 2.05) is 7.05 Å². The minimum absolute atomic E-state index is 0.0166. The zero-order valence-corrected chi connectivity index (χ0v) is 14.2. The minimum Gasteiger partial charge on any atom is -0.369 e. The van der Waals surface area contributed by atoms with Gasteiger partial charge in [-0.05, 0) is 54.0 Å². The molecule has 3 atom stereocenters. The topological polar surface area (TPSA) is 55.4 Å². The van der Waals surface area contributed by atoms with Crippen molar-refractivity contribution in [1.82, 2.24) is 5.32 Å². The van der Waals surface area contributed by atoms with E-state index in [1.54, 1.807) is 0 Å². The van der Waals surface area contributed by atoms with E-state index in [2.05, 4.69) is 33.0 Å². The summed E-state index contributed by atoms with van der Waals surface area (Å²) in [5.41, 5.74) is -0.466. The molecule has 1 N–H and O–H groups in total. The third kappa shape index (κ3) is 3.04. The monoisotopic (exact) mass is 303 g/mol. The van der Waals surface area contributed by atoms with Gasteiger partial charge in [0.25, 0.3) is 0 Å². The lowest BCUT2D eigenvalue weighted by molar-refractivity contribution is -0.0776. The van der Waals surface area contributed by atoms with E-state index in [0.29, 0.717) is 5.75 Å². The summed E-state index contributed by atoms with van der Waals surface area (Å²) in [6, 6.07) is -0.0166. The van der Waals surface area contributed by atoms with Crippen molar-refractivity contribution >= 4 is 9.84 Å². The van der Waals surface area contributed by atoms with Crippen LogP contribution in [0.3, 0.4) is 0 Å². The van der Waals surface area contributed by atoms with Crippen LogP contribution in [0.5, 0.6) is 0 Å². The fraction of sp³-hybridized carbons (Fsp3) is 1.00. The third-order valence-corrected chi connectivity index (χ3v) is 7.25. The second-order valence-corrected chi connectivity index (χ2v) is 9.83. The largest absolute Gasteiger partial charge is 0.369 e. The Kier molecular flexibility index (Phi) is 4.27. The van der Waals surface area contributed by atoms with E-state index < -0.39 is 9.84 Å². The predicted octanol–water partition coefficient (Wildman–Crippen LogP) is 2.14. The molecule has 2 saturated heterocycles. The lowest BCUT2D eigenvalue weighted by Crippen LogP contribution is -2.53. The van der Waals surface area contributed by atoms with E-state index in [4.69, 9.17) is 4.74 Å². The highest BCUT2D eigenvalue weighted by atomic mass is 32.2. The van der Waals surface area contributed by atoms with Crippen LogP contribution in [0.15, 0.2) is 0 Å². The second-order valence-electron chi connectivity index (χ2n) is 7.49.